The van der Waals surface area contributed by atoms with Gasteiger partial charge in [-0.05, 0) is 43.9 Å². The first-order chi connectivity index (χ1) is 12.1. The van der Waals surface area contributed by atoms with Crippen molar-refractivity contribution in [2.45, 2.75) is 33.4 Å². The predicted molar refractivity (Wildman–Crippen MR) is 90.0 cm³/mol. The van der Waals surface area contributed by atoms with Crippen molar-refractivity contribution in [1.82, 2.24) is 9.80 Å². The molecule has 1 aromatic rings. The number of nitrogens with zero attached hydrogens (tertiary/aromatic N) is 2. The standard InChI is InChI=1S/C18H23F3N2O3/c1-12-5-6-13(2)16(14(12)3)26-11-15(24)22-7-4-8-23(10-9-22)17(25)18(19,20)21/h5-6H,4,7-11H2,1-3H3. The third kappa shape index (κ3) is 4.68. The number of hydrogen-bond donors (Lipinski definition) is 0. The van der Waals surface area contributed by atoms with Gasteiger partial charge in [-0.3, -0.25) is 9.59 Å². The maximum atomic E-state index is 12.5. The van der Waals surface area contributed by atoms with E-state index in [1.54, 1.807) is 0 Å². The molecule has 1 aliphatic heterocycles. The van der Waals surface area contributed by atoms with E-state index >= 15 is 0 Å². The van der Waals surface area contributed by atoms with Gasteiger partial charge in [-0.25, -0.2) is 0 Å². The summed E-state index contributed by atoms with van der Waals surface area (Å²) in [5.41, 5.74) is 2.92. The molecule has 0 spiro atoms. The molecule has 1 aliphatic rings. The number of alkyl halides is 3. The Bertz CT molecular complexity index is 689. The van der Waals surface area contributed by atoms with E-state index in [9.17, 15) is 22.8 Å². The molecule has 0 radical (unpaired) electrons. The van der Waals surface area contributed by atoms with Crippen molar-refractivity contribution in [1.29, 1.82) is 0 Å². The van der Waals surface area contributed by atoms with Crippen LogP contribution in [0.25, 0.3) is 0 Å². The lowest BCUT2D eigenvalue weighted by Gasteiger charge is -2.23. The summed E-state index contributed by atoms with van der Waals surface area (Å²) in [5, 5.41) is 0. The van der Waals surface area contributed by atoms with Gasteiger partial charge in [-0.1, -0.05) is 12.1 Å². The highest BCUT2D eigenvalue weighted by Crippen LogP contribution is 2.26. The van der Waals surface area contributed by atoms with Gasteiger partial charge in [0.05, 0.1) is 0 Å². The fourth-order valence-electron chi connectivity index (χ4n) is 2.92. The average Bonchev–Trinajstić information content (AvgIpc) is 2.82. The third-order valence-corrected chi connectivity index (χ3v) is 4.59. The number of benzene rings is 1. The Morgan fingerprint density at radius 2 is 1.58 bits per heavy atom. The summed E-state index contributed by atoms with van der Waals surface area (Å²) in [4.78, 5) is 25.9. The molecule has 144 valence electrons. The lowest BCUT2D eigenvalue weighted by molar-refractivity contribution is -0.185. The van der Waals surface area contributed by atoms with Crippen molar-refractivity contribution in [2.24, 2.45) is 0 Å². The van der Waals surface area contributed by atoms with Gasteiger partial charge in [0, 0.05) is 26.2 Å². The zero-order chi connectivity index (χ0) is 19.5. The van der Waals surface area contributed by atoms with E-state index in [0.29, 0.717) is 18.7 Å². The molecular weight excluding hydrogens is 349 g/mol. The summed E-state index contributed by atoms with van der Waals surface area (Å²) in [6, 6.07) is 3.88. The number of amides is 2. The van der Waals surface area contributed by atoms with Crippen LogP contribution in [0.15, 0.2) is 12.1 Å². The molecular formula is C18H23F3N2O3. The molecule has 8 heteroatoms. The largest absolute Gasteiger partial charge is 0.483 e. The number of hydrogen-bond acceptors (Lipinski definition) is 3. The second-order valence-electron chi connectivity index (χ2n) is 6.47. The maximum absolute atomic E-state index is 12.5. The first-order valence-corrected chi connectivity index (χ1v) is 8.44. The molecule has 1 heterocycles. The summed E-state index contributed by atoms with van der Waals surface area (Å²) in [5.74, 6) is -1.50. The van der Waals surface area contributed by atoms with Gasteiger partial charge < -0.3 is 14.5 Å². The predicted octanol–water partition coefficient (Wildman–Crippen LogP) is 2.61. The summed E-state index contributed by atoms with van der Waals surface area (Å²) in [6.07, 6.45) is -4.58. The smallest absolute Gasteiger partial charge is 0.471 e. The van der Waals surface area contributed by atoms with Crippen LogP contribution in [0.4, 0.5) is 13.2 Å². The Balaban J connectivity index is 1.95. The van der Waals surface area contributed by atoms with Crippen LogP contribution in [-0.2, 0) is 9.59 Å². The van der Waals surface area contributed by atoms with Gasteiger partial charge in [0.1, 0.15) is 5.75 Å². The number of carbonyl (C=O) groups is 2. The molecule has 1 aromatic carbocycles. The van der Waals surface area contributed by atoms with E-state index in [1.165, 1.54) is 4.90 Å². The monoisotopic (exact) mass is 372 g/mol. The van der Waals surface area contributed by atoms with Gasteiger partial charge in [0.15, 0.2) is 6.61 Å². The minimum atomic E-state index is -4.89. The van der Waals surface area contributed by atoms with Gasteiger partial charge in [-0.15, -0.1) is 0 Å². The van der Waals surface area contributed by atoms with Crippen LogP contribution in [0, 0.1) is 20.8 Å². The molecule has 0 aliphatic carbocycles. The molecule has 0 saturated carbocycles. The number of ether oxygens (including phenoxy) is 1. The minimum Gasteiger partial charge on any atom is -0.483 e. The molecule has 2 amide bonds. The molecule has 2 rings (SSSR count). The molecule has 0 atom stereocenters. The molecule has 0 unspecified atom stereocenters. The van der Waals surface area contributed by atoms with Crippen LogP contribution in [0.5, 0.6) is 5.75 Å². The first kappa shape index (κ1) is 20.1. The summed E-state index contributed by atoms with van der Waals surface area (Å²) >= 11 is 0. The van der Waals surface area contributed by atoms with Crippen LogP contribution < -0.4 is 4.74 Å². The van der Waals surface area contributed by atoms with Gasteiger partial charge >= 0.3 is 12.1 Å². The van der Waals surface area contributed by atoms with Gasteiger partial charge in [-0.2, -0.15) is 13.2 Å². The summed E-state index contributed by atoms with van der Waals surface area (Å²) in [7, 11) is 0. The van der Waals surface area contributed by atoms with E-state index in [0.717, 1.165) is 21.6 Å². The van der Waals surface area contributed by atoms with E-state index in [1.807, 2.05) is 32.9 Å². The fourth-order valence-corrected chi connectivity index (χ4v) is 2.92. The lowest BCUT2D eigenvalue weighted by Crippen LogP contribution is -2.44. The molecule has 0 N–H and O–H groups in total. The Labute approximate surface area is 150 Å². The van der Waals surface area contributed by atoms with Crippen molar-refractivity contribution >= 4 is 11.8 Å². The van der Waals surface area contributed by atoms with Crippen LogP contribution in [0.3, 0.4) is 0 Å². The summed E-state index contributed by atoms with van der Waals surface area (Å²) < 4.78 is 43.3. The Morgan fingerprint density at radius 3 is 2.23 bits per heavy atom. The SMILES string of the molecule is Cc1ccc(C)c(OCC(=O)N2CCCN(C(=O)C(F)(F)F)CC2)c1C. The van der Waals surface area contributed by atoms with Gasteiger partial charge in [0.25, 0.3) is 5.91 Å². The summed E-state index contributed by atoms with van der Waals surface area (Å²) in [6.45, 7) is 5.79. The van der Waals surface area contributed by atoms with Crippen molar-refractivity contribution in [3.63, 3.8) is 0 Å². The van der Waals surface area contributed by atoms with Gasteiger partial charge in [0.2, 0.25) is 0 Å². The Hall–Kier alpha value is -2.25. The molecule has 26 heavy (non-hydrogen) atoms. The van der Waals surface area contributed by atoms with Crippen molar-refractivity contribution in [2.75, 3.05) is 32.8 Å². The van der Waals surface area contributed by atoms with Crippen LogP contribution in [0.1, 0.15) is 23.1 Å². The lowest BCUT2D eigenvalue weighted by atomic mass is 10.1. The molecule has 1 saturated heterocycles. The zero-order valence-electron chi connectivity index (χ0n) is 15.2. The molecule has 1 fully saturated rings. The third-order valence-electron chi connectivity index (χ3n) is 4.59. The highest BCUT2D eigenvalue weighted by Gasteiger charge is 2.42. The second kappa shape index (κ2) is 7.97. The molecule has 5 nitrogen and oxygen atoms in total. The van der Waals surface area contributed by atoms with E-state index in [2.05, 4.69) is 0 Å². The Kier molecular flexibility index (Phi) is 6.15. The number of carbonyl (C=O) groups excluding carboxylic acids is 2. The van der Waals surface area contributed by atoms with E-state index < -0.39 is 12.1 Å². The minimum absolute atomic E-state index is 0.0148. The van der Waals surface area contributed by atoms with Crippen LogP contribution in [0.2, 0.25) is 0 Å². The quantitative estimate of drug-likeness (QED) is 0.820. The molecule has 0 bridgehead atoms. The Morgan fingerprint density at radius 1 is 1.00 bits per heavy atom. The normalized spacial score (nSPS) is 15.6. The molecule has 0 aromatic heterocycles. The topological polar surface area (TPSA) is 49.9 Å². The maximum Gasteiger partial charge on any atom is 0.471 e. The number of halogens is 3. The van der Waals surface area contributed by atoms with Crippen molar-refractivity contribution in [3.05, 3.63) is 28.8 Å². The van der Waals surface area contributed by atoms with E-state index in [4.69, 9.17) is 4.74 Å². The highest BCUT2D eigenvalue weighted by molar-refractivity contribution is 5.82. The average molecular weight is 372 g/mol. The van der Waals surface area contributed by atoms with E-state index in [-0.39, 0.29) is 32.1 Å². The first-order valence-electron chi connectivity index (χ1n) is 8.44. The van der Waals surface area contributed by atoms with Crippen LogP contribution >= 0.6 is 0 Å². The number of aryl methyl sites for hydroxylation is 2. The van der Waals surface area contributed by atoms with Crippen LogP contribution in [-0.4, -0.2) is 60.6 Å². The fraction of sp³-hybridized carbons (Fsp3) is 0.556. The van der Waals surface area contributed by atoms with Crippen molar-refractivity contribution < 1.29 is 27.5 Å². The second-order valence-corrected chi connectivity index (χ2v) is 6.47. The zero-order valence-corrected chi connectivity index (χ0v) is 15.2. The highest BCUT2D eigenvalue weighted by atomic mass is 19.4. The van der Waals surface area contributed by atoms with Crippen molar-refractivity contribution in [3.8, 4) is 5.75 Å². The number of rotatable bonds is 3.